The van der Waals surface area contributed by atoms with E-state index in [4.69, 9.17) is 72.9 Å². The summed E-state index contributed by atoms with van der Waals surface area (Å²) in [6.45, 7) is 32.2. The van der Waals surface area contributed by atoms with E-state index in [2.05, 4.69) is 191 Å². The highest BCUT2D eigenvalue weighted by molar-refractivity contribution is 5.52. The Morgan fingerprint density at radius 1 is 0.252 bits per heavy atom. The Morgan fingerprint density at radius 2 is 0.477 bits per heavy atom. The molecule has 111 heavy (non-hydrogen) atoms. The molecule has 0 saturated carbocycles. The van der Waals surface area contributed by atoms with Crippen LogP contribution in [0, 0.1) is 0 Å². The third-order valence-corrected chi connectivity index (χ3v) is 21.7. The summed E-state index contributed by atoms with van der Waals surface area (Å²) >= 11 is 0. The molecular formula is C87H119N7O17. The molecule has 0 unspecified atom stereocenters. The highest BCUT2D eigenvalue weighted by Crippen LogP contribution is 2.42. The van der Waals surface area contributed by atoms with Gasteiger partial charge < -0.3 is 83.1 Å². The summed E-state index contributed by atoms with van der Waals surface area (Å²) in [6, 6.07) is 47.0. The minimum atomic E-state index is -0.191. The van der Waals surface area contributed by atoms with E-state index in [1.807, 2.05) is 18.2 Å². The lowest BCUT2D eigenvalue weighted by atomic mass is 9.77. The van der Waals surface area contributed by atoms with Gasteiger partial charge in [-0.05, 0) is 125 Å². The van der Waals surface area contributed by atoms with Crippen LogP contribution in [0.1, 0.15) is 127 Å². The summed E-state index contributed by atoms with van der Waals surface area (Å²) < 4.78 is 57.2. The first kappa shape index (κ1) is 84.4. The fourth-order valence-corrected chi connectivity index (χ4v) is 14.8. The predicted molar refractivity (Wildman–Crippen MR) is 424 cm³/mol. The van der Waals surface area contributed by atoms with Gasteiger partial charge in [-0.25, -0.2) is 0 Å². The second kappa shape index (κ2) is 41.5. The van der Waals surface area contributed by atoms with Crippen molar-refractivity contribution in [2.45, 2.75) is 116 Å². The smallest absolute Gasteiger partial charge is 0.142 e. The minimum Gasteiger partial charge on any atom is -0.478 e. The summed E-state index contributed by atoms with van der Waals surface area (Å²) in [4.78, 5) is 15.3. The summed E-state index contributed by atoms with van der Waals surface area (Å²) in [6.07, 6.45) is 1.52. The molecule has 0 atom stereocenters. The molecule has 0 aliphatic carbocycles. The summed E-state index contributed by atoms with van der Waals surface area (Å²) in [5.74, 6) is 6.63. The third-order valence-electron chi connectivity index (χ3n) is 21.7. The van der Waals surface area contributed by atoms with Gasteiger partial charge in [0.2, 0.25) is 0 Å². The lowest BCUT2D eigenvalue weighted by molar-refractivity contribution is 0.0388. The van der Waals surface area contributed by atoms with Gasteiger partial charge in [0.1, 0.15) is 87.4 Å². The number of para-hydroxylation sites is 1. The molecule has 604 valence electrons. The Balaban J connectivity index is 0.000000151. The molecule has 7 aliphatic rings. The largest absolute Gasteiger partial charge is 0.478 e. The maximum absolute atomic E-state index is 9.22. The first-order valence-electron chi connectivity index (χ1n) is 39.3. The van der Waals surface area contributed by atoms with E-state index in [9.17, 15) is 10.2 Å². The van der Waals surface area contributed by atoms with Crippen LogP contribution in [-0.4, -0.2) is 249 Å². The zero-order valence-electron chi connectivity index (χ0n) is 66.0. The summed E-state index contributed by atoms with van der Waals surface area (Å²) in [5.41, 5.74) is 15.2. The monoisotopic (exact) mass is 1530 g/mol. The second-order valence-corrected chi connectivity index (χ2v) is 30.8. The van der Waals surface area contributed by atoms with Gasteiger partial charge in [-0.15, -0.1) is 0 Å². The van der Waals surface area contributed by atoms with Gasteiger partial charge in [0, 0.05) is 160 Å². The van der Waals surface area contributed by atoms with Gasteiger partial charge in [0.15, 0.2) is 0 Å². The molecule has 7 heterocycles. The van der Waals surface area contributed by atoms with E-state index >= 15 is 0 Å². The van der Waals surface area contributed by atoms with Crippen molar-refractivity contribution in [2.24, 2.45) is 0 Å². The fourth-order valence-electron chi connectivity index (χ4n) is 14.8. The zero-order chi connectivity index (χ0) is 78.2. The molecule has 0 aromatic heterocycles. The van der Waals surface area contributed by atoms with Crippen molar-refractivity contribution in [2.75, 3.05) is 179 Å². The van der Waals surface area contributed by atoms with Crippen LogP contribution < -0.4 is 33.2 Å². The molecule has 7 N–H and O–H groups in total. The number of nitrogens with zero attached hydrogens (tertiary/aromatic N) is 7. The minimum absolute atomic E-state index is 0.0453. The molecule has 0 fully saturated rings. The van der Waals surface area contributed by atoms with Crippen LogP contribution in [0.25, 0.3) is 0 Å². The van der Waals surface area contributed by atoms with E-state index in [0.29, 0.717) is 99.8 Å². The first-order chi connectivity index (χ1) is 53.9. The molecule has 7 aliphatic heterocycles. The van der Waals surface area contributed by atoms with Gasteiger partial charge in [-0.3, -0.25) is 34.3 Å². The number of hydrogen-bond acceptors (Lipinski definition) is 24. The molecule has 24 nitrogen and oxygen atoms in total. The van der Waals surface area contributed by atoms with Gasteiger partial charge >= 0.3 is 0 Å². The molecule has 0 saturated heterocycles. The van der Waals surface area contributed by atoms with Crippen molar-refractivity contribution in [1.82, 2.24) is 34.3 Å². The zero-order valence-corrected chi connectivity index (χ0v) is 66.0. The fraction of sp³-hybridized carbons (Fsp3) is 0.517. The van der Waals surface area contributed by atoms with Crippen LogP contribution in [0.2, 0.25) is 0 Å². The molecule has 0 spiro atoms. The Hall–Kier alpha value is -7.54. The van der Waals surface area contributed by atoms with Crippen LogP contribution in [0.15, 0.2) is 133 Å². The SMILES string of the molecule is CC(C)(c1ccc2c(c1)CN(CCCO)CO2)c1ccc2c(c1)CN(CCCO)CO2.CC(C)(c1ccc2c(c1)CN(CCO)CO2)c1ccc2c(c1)CN(CCO)CO2.CC(C)(c1ccc2c(c1)CN(CCOCCO)CO2)c1ccc2c(c1)CN(CCOCCO)CO2.OCCOCCN1COc2ccccc2C1. The number of fused-ring (bicyclic) bond motifs is 7. The molecule has 7 aromatic carbocycles. The number of aliphatic hydroxyl groups excluding tert-OH is 7. The number of rotatable bonds is 31. The van der Waals surface area contributed by atoms with E-state index in [1.54, 1.807) is 0 Å². The summed E-state index contributed by atoms with van der Waals surface area (Å²) in [7, 11) is 0. The van der Waals surface area contributed by atoms with Crippen LogP contribution in [0.3, 0.4) is 0 Å². The highest BCUT2D eigenvalue weighted by atomic mass is 16.5. The Kier molecular flexibility index (Phi) is 31.5. The van der Waals surface area contributed by atoms with Gasteiger partial charge in [0.05, 0.1) is 72.7 Å². The maximum Gasteiger partial charge on any atom is 0.142 e. The molecule has 24 heteroatoms. The number of hydrogen-bond donors (Lipinski definition) is 7. The molecule has 14 rings (SSSR count). The van der Waals surface area contributed by atoms with Crippen molar-refractivity contribution in [3.05, 3.63) is 206 Å². The molecule has 0 amide bonds. The van der Waals surface area contributed by atoms with Crippen molar-refractivity contribution in [3.63, 3.8) is 0 Å². The van der Waals surface area contributed by atoms with Gasteiger partial charge in [-0.2, -0.15) is 0 Å². The predicted octanol–water partition coefficient (Wildman–Crippen LogP) is 8.56. The van der Waals surface area contributed by atoms with E-state index < -0.39 is 0 Å². The quantitative estimate of drug-likeness (QED) is 0.0201. The standard InChI is InChI=1S/C27H38N2O6.C25H34N2O4.C23H30N2O4.C12H17NO3/c1-27(2,23-3-5-25-21(15-23)17-28(19-34-25)7-11-32-13-9-30)24-4-6-26-22(16-24)18-29(20-35-26)8-12-33-14-10-31;1-25(2,21-5-7-23-19(13-21)15-26(17-30-23)9-3-11-28)22-6-8-24-20(14-22)16-27(18-31-24)10-4-12-29;1-23(2,19-3-5-21-17(11-19)13-24(7-9-26)15-28-21)20-4-6-22-18(12-20)14-25(8-10-27)16-29-22;14-6-8-15-7-5-13-9-11-3-1-2-4-12(11)16-10-13/h3-6,15-16,30-31H,7-14,17-20H2,1-2H3;5-8,13-14,28-29H,3-4,9-12,15-18H2,1-2H3;3-6,11-12,26-27H,7-10,13-16H2,1-2H3;1-4,14H,5-10H2. The summed E-state index contributed by atoms with van der Waals surface area (Å²) in [5, 5.41) is 63.0. The van der Waals surface area contributed by atoms with Gasteiger partial charge in [-0.1, -0.05) is 96.1 Å². The average molecular weight is 1530 g/mol. The van der Waals surface area contributed by atoms with E-state index in [1.165, 1.54) is 61.2 Å². The van der Waals surface area contributed by atoms with E-state index in [0.717, 1.165) is 143 Å². The lowest BCUT2D eigenvalue weighted by Gasteiger charge is -2.33. The van der Waals surface area contributed by atoms with Crippen molar-refractivity contribution in [3.8, 4) is 40.2 Å². The maximum atomic E-state index is 9.22. The van der Waals surface area contributed by atoms with Crippen molar-refractivity contribution < 1.29 is 83.1 Å². The van der Waals surface area contributed by atoms with Crippen LogP contribution in [-0.2, 0) is 76.3 Å². The first-order valence-corrected chi connectivity index (χ1v) is 39.3. The third kappa shape index (κ3) is 22.9. The molecule has 7 aromatic rings. The van der Waals surface area contributed by atoms with E-state index in [-0.39, 0.29) is 62.5 Å². The van der Waals surface area contributed by atoms with Crippen LogP contribution in [0.4, 0.5) is 0 Å². The Bertz CT molecular complexity index is 3830. The topological polar surface area (TPSA) is 257 Å². The van der Waals surface area contributed by atoms with Crippen molar-refractivity contribution >= 4 is 0 Å². The Labute approximate surface area is 655 Å². The Morgan fingerprint density at radius 3 is 0.721 bits per heavy atom. The number of β-amino-alcohol motifs (C(OH)–C–C–N with tert-alkyl or cyclic N) is 2. The average Bonchev–Trinajstić information content (AvgIpc) is 0.782. The van der Waals surface area contributed by atoms with Gasteiger partial charge in [0.25, 0.3) is 0 Å². The number of aliphatic hydroxyl groups is 7. The van der Waals surface area contributed by atoms with Crippen molar-refractivity contribution in [1.29, 1.82) is 0 Å². The van der Waals surface area contributed by atoms with Crippen LogP contribution >= 0.6 is 0 Å². The second-order valence-electron chi connectivity index (χ2n) is 30.8. The highest BCUT2D eigenvalue weighted by Gasteiger charge is 2.33. The number of benzene rings is 7. The normalized spacial score (nSPS) is 16.6. The number of ether oxygens (including phenoxy) is 10. The molecule has 0 bridgehead atoms. The molecule has 0 radical (unpaired) electrons. The lowest BCUT2D eigenvalue weighted by Crippen LogP contribution is -2.35. The van der Waals surface area contributed by atoms with Crippen LogP contribution in [0.5, 0.6) is 40.2 Å². The molecular weight excluding hydrogens is 1410 g/mol.